The molecule has 156 valence electrons. The number of aromatic amines is 1. The first-order valence-corrected chi connectivity index (χ1v) is 10.2. The minimum absolute atomic E-state index is 0. The lowest BCUT2D eigenvalue weighted by Crippen LogP contribution is -2.37. The number of nitrogens with zero attached hydrogens (tertiary/aromatic N) is 2. The molecule has 4 atom stereocenters. The SMILES string of the molecule is CC[C@H]1C[C@@H](OCc2ccc(OC)cc2)C[C@@H]1C(N)n1c(=N)cnc2[nH]ccc21.[HH]. The number of methoxy groups -OCH3 is 1. The van der Waals surface area contributed by atoms with E-state index in [-0.39, 0.29) is 19.6 Å². The van der Waals surface area contributed by atoms with Crippen molar-refractivity contribution >= 4 is 11.2 Å². The van der Waals surface area contributed by atoms with E-state index in [2.05, 4.69) is 16.9 Å². The van der Waals surface area contributed by atoms with E-state index in [0.717, 1.165) is 41.7 Å². The monoisotopic (exact) mass is 397 g/mol. The van der Waals surface area contributed by atoms with E-state index in [0.29, 0.717) is 18.0 Å². The summed E-state index contributed by atoms with van der Waals surface area (Å²) < 4.78 is 13.4. The Labute approximate surface area is 171 Å². The Morgan fingerprint density at radius 1 is 1.31 bits per heavy atom. The van der Waals surface area contributed by atoms with Crippen molar-refractivity contribution in [2.24, 2.45) is 17.6 Å². The van der Waals surface area contributed by atoms with Gasteiger partial charge >= 0.3 is 0 Å². The summed E-state index contributed by atoms with van der Waals surface area (Å²) in [5.74, 6) is 1.58. The van der Waals surface area contributed by atoms with Gasteiger partial charge in [0.05, 0.1) is 37.7 Å². The van der Waals surface area contributed by atoms with Gasteiger partial charge in [-0.05, 0) is 48.4 Å². The molecule has 1 aliphatic carbocycles. The highest BCUT2D eigenvalue weighted by Crippen LogP contribution is 2.41. The number of nitrogens with one attached hydrogen (secondary N) is 2. The van der Waals surface area contributed by atoms with Crippen LogP contribution in [0.4, 0.5) is 0 Å². The summed E-state index contributed by atoms with van der Waals surface area (Å²) in [4.78, 5) is 7.40. The lowest BCUT2D eigenvalue weighted by Gasteiger charge is -2.27. The topological polar surface area (TPSA) is 102 Å². The van der Waals surface area contributed by atoms with Crippen molar-refractivity contribution in [1.82, 2.24) is 14.5 Å². The lowest BCUT2D eigenvalue weighted by atomic mass is 9.91. The van der Waals surface area contributed by atoms with Crippen molar-refractivity contribution < 1.29 is 10.9 Å². The van der Waals surface area contributed by atoms with E-state index in [1.54, 1.807) is 13.3 Å². The largest absolute Gasteiger partial charge is 0.497 e. The van der Waals surface area contributed by atoms with E-state index in [1.165, 1.54) is 0 Å². The zero-order chi connectivity index (χ0) is 20.4. The van der Waals surface area contributed by atoms with E-state index >= 15 is 0 Å². The highest BCUT2D eigenvalue weighted by atomic mass is 16.5. The number of rotatable bonds is 7. The predicted octanol–water partition coefficient (Wildman–Crippen LogP) is 3.58. The van der Waals surface area contributed by atoms with Gasteiger partial charge in [0.2, 0.25) is 0 Å². The molecule has 0 saturated heterocycles. The fourth-order valence-electron chi connectivity index (χ4n) is 4.54. The number of ether oxygens (including phenoxy) is 2. The van der Waals surface area contributed by atoms with Gasteiger partial charge in [0.25, 0.3) is 0 Å². The zero-order valence-corrected chi connectivity index (χ0v) is 17.0. The molecule has 0 amide bonds. The second-order valence-electron chi connectivity index (χ2n) is 7.80. The van der Waals surface area contributed by atoms with E-state index in [4.69, 9.17) is 20.6 Å². The Bertz CT molecular complexity index is 1020. The first-order chi connectivity index (χ1) is 14.1. The number of H-pyrrole nitrogens is 1. The van der Waals surface area contributed by atoms with Crippen molar-refractivity contribution in [1.29, 1.82) is 5.41 Å². The molecule has 0 radical (unpaired) electrons. The average molecular weight is 398 g/mol. The van der Waals surface area contributed by atoms with Gasteiger partial charge in [-0.2, -0.15) is 0 Å². The third-order valence-electron chi connectivity index (χ3n) is 6.15. The van der Waals surface area contributed by atoms with Crippen LogP contribution in [0.1, 0.15) is 39.3 Å². The summed E-state index contributed by atoms with van der Waals surface area (Å²) in [6.07, 6.45) is 6.26. The van der Waals surface area contributed by atoms with Crippen LogP contribution < -0.4 is 16.0 Å². The molecular weight excluding hydrogens is 366 g/mol. The van der Waals surface area contributed by atoms with Crippen LogP contribution in [0.5, 0.6) is 5.75 Å². The maximum Gasteiger partial charge on any atom is 0.154 e. The van der Waals surface area contributed by atoms with Crippen molar-refractivity contribution in [3.05, 3.63) is 53.8 Å². The van der Waals surface area contributed by atoms with Gasteiger partial charge in [-0.15, -0.1) is 0 Å². The second kappa shape index (κ2) is 8.39. The molecule has 1 aliphatic rings. The van der Waals surface area contributed by atoms with Crippen LogP contribution in [0.2, 0.25) is 0 Å². The Balaban J connectivity index is 0.00000256. The summed E-state index contributed by atoms with van der Waals surface area (Å²) >= 11 is 0. The molecule has 7 heteroatoms. The van der Waals surface area contributed by atoms with Gasteiger partial charge in [0, 0.05) is 7.62 Å². The molecule has 1 saturated carbocycles. The van der Waals surface area contributed by atoms with Gasteiger partial charge in [-0.1, -0.05) is 25.5 Å². The van der Waals surface area contributed by atoms with Crippen LogP contribution in [0.25, 0.3) is 11.2 Å². The third-order valence-corrected chi connectivity index (χ3v) is 6.15. The van der Waals surface area contributed by atoms with Gasteiger partial charge in [0.15, 0.2) is 5.65 Å². The van der Waals surface area contributed by atoms with Crippen molar-refractivity contribution in [2.75, 3.05) is 7.11 Å². The smallest absolute Gasteiger partial charge is 0.154 e. The molecule has 0 spiro atoms. The van der Waals surface area contributed by atoms with Gasteiger partial charge in [-0.3, -0.25) is 5.41 Å². The minimum Gasteiger partial charge on any atom is -0.497 e. The van der Waals surface area contributed by atoms with Gasteiger partial charge in [-0.25, -0.2) is 4.98 Å². The Kier molecular flexibility index (Phi) is 5.69. The summed E-state index contributed by atoms with van der Waals surface area (Å²) in [6.45, 7) is 2.79. The lowest BCUT2D eigenvalue weighted by molar-refractivity contribution is 0.0401. The van der Waals surface area contributed by atoms with Crippen LogP contribution in [0.15, 0.2) is 42.7 Å². The molecule has 4 rings (SSSR count). The molecule has 1 fully saturated rings. The van der Waals surface area contributed by atoms with Crippen molar-refractivity contribution in [3.63, 3.8) is 0 Å². The molecule has 2 aromatic heterocycles. The predicted molar refractivity (Wildman–Crippen MR) is 113 cm³/mol. The van der Waals surface area contributed by atoms with E-state index in [1.807, 2.05) is 41.1 Å². The third kappa shape index (κ3) is 3.93. The molecule has 2 heterocycles. The fraction of sp³-hybridized carbons (Fsp3) is 0.455. The minimum atomic E-state index is -0.275. The van der Waals surface area contributed by atoms with Crippen LogP contribution >= 0.6 is 0 Å². The molecule has 4 N–H and O–H groups in total. The van der Waals surface area contributed by atoms with Crippen LogP contribution in [-0.4, -0.2) is 27.7 Å². The molecular formula is C22H31N5O2. The second-order valence-corrected chi connectivity index (χ2v) is 7.80. The summed E-state index contributed by atoms with van der Waals surface area (Å²) in [7, 11) is 1.67. The van der Waals surface area contributed by atoms with Crippen molar-refractivity contribution in [3.8, 4) is 5.75 Å². The summed E-state index contributed by atoms with van der Waals surface area (Å²) in [5, 5.41) is 8.35. The maximum atomic E-state index is 8.35. The number of hydrogen-bond donors (Lipinski definition) is 3. The normalized spacial score (nSPS) is 22.8. The maximum absolute atomic E-state index is 8.35. The molecule has 3 aromatic rings. The first kappa shape index (κ1) is 19.7. The summed E-state index contributed by atoms with van der Waals surface area (Å²) in [5.41, 5.74) is 9.83. The molecule has 7 nitrogen and oxygen atoms in total. The van der Waals surface area contributed by atoms with E-state index < -0.39 is 0 Å². The highest BCUT2D eigenvalue weighted by Gasteiger charge is 2.38. The number of aromatic nitrogens is 3. The highest BCUT2D eigenvalue weighted by molar-refractivity contribution is 5.70. The standard InChI is InChI=1S/C22H29N5O2.H2/c1-3-15-10-17(29-13-14-4-6-16(28-2)7-5-14)11-18(15)21(24)27-19-8-9-25-22(19)26-12-20(27)23;/h4-9,12,15,17-18,21,23,25H,3,10-11,13,24H2,1-2H3;1H/t15-,17+,18-,21?;/m0./s1. The van der Waals surface area contributed by atoms with E-state index in [9.17, 15) is 0 Å². The molecule has 29 heavy (non-hydrogen) atoms. The summed E-state index contributed by atoms with van der Waals surface area (Å²) in [6, 6.07) is 9.93. The van der Waals surface area contributed by atoms with Crippen LogP contribution in [0.3, 0.4) is 0 Å². The molecule has 1 aromatic carbocycles. The number of benzene rings is 1. The number of hydrogen-bond acceptors (Lipinski definition) is 5. The number of nitrogens with two attached hydrogens (primary N) is 1. The van der Waals surface area contributed by atoms with Gasteiger partial charge < -0.3 is 24.8 Å². The Hall–Kier alpha value is -2.64. The van der Waals surface area contributed by atoms with Gasteiger partial charge in [0.1, 0.15) is 11.2 Å². The quantitative estimate of drug-likeness (QED) is 0.567. The average Bonchev–Trinajstić information content (AvgIpc) is 3.38. The van der Waals surface area contributed by atoms with Crippen LogP contribution in [0, 0.1) is 17.2 Å². The molecule has 0 bridgehead atoms. The Morgan fingerprint density at radius 3 is 2.83 bits per heavy atom. The fourth-order valence-corrected chi connectivity index (χ4v) is 4.54. The molecule has 1 unspecified atom stereocenters. The first-order valence-electron chi connectivity index (χ1n) is 10.2. The van der Waals surface area contributed by atoms with Crippen molar-refractivity contribution in [2.45, 2.75) is 45.1 Å². The Morgan fingerprint density at radius 2 is 2.10 bits per heavy atom. The number of fused-ring (bicyclic) bond motifs is 1. The van der Waals surface area contributed by atoms with Crippen LogP contribution in [-0.2, 0) is 11.3 Å². The zero-order valence-electron chi connectivity index (χ0n) is 17.0. The molecule has 0 aliphatic heterocycles.